The predicted octanol–water partition coefficient (Wildman–Crippen LogP) is 4.82. The molecule has 5 heterocycles. The van der Waals surface area contributed by atoms with Gasteiger partial charge in [0, 0.05) is 43.8 Å². The summed E-state index contributed by atoms with van der Waals surface area (Å²) in [6.07, 6.45) is 2.80. The normalized spacial score (nSPS) is 17.6. The number of benzene rings is 2. The first kappa shape index (κ1) is 32.9. The van der Waals surface area contributed by atoms with Crippen LogP contribution in [0, 0.1) is 25.5 Å². The minimum atomic E-state index is -1.01. The molecule has 2 amide bonds. The van der Waals surface area contributed by atoms with E-state index in [1.54, 1.807) is 50.1 Å². The summed E-state index contributed by atoms with van der Waals surface area (Å²) in [5.41, 5.74) is 1.28. The van der Waals surface area contributed by atoms with E-state index in [9.17, 15) is 14.4 Å². The molecule has 0 bridgehead atoms. The van der Waals surface area contributed by atoms with Gasteiger partial charge in [-0.2, -0.15) is 0 Å². The number of imidazole rings is 1. The van der Waals surface area contributed by atoms with Gasteiger partial charge in [0.1, 0.15) is 17.5 Å². The molecular formula is C37H37F2N7O4. The van der Waals surface area contributed by atoms with Crippen molar-refractivity contribution in [2.45, 2.75) is 52.6 Å². The van der Waals surface area contributed by atoms with Gasteiger partial charge in [-0.15, -0.1) is 0 Å². The van der Waals surface area contributed by atoms with Crippen molar-refractivity contribution in [3.8, 4) is 16.8 Å². The highest BCUT2D eigenvalue weighted by atomic mass is 19.1. The average Bonchev–Trinajstić information content (AvgIpc) is 3.36. The van der Waals surface area contributed by atoms with Crippen LogP contribution >= 0.6 is 0 Å². The Morgan fingerprint density at radius 1 is 1.00 bits per heavy atom. The van der Waals surface area contributed by atoms with E-state index in [4.69, 9.17) is 0 Å². The van der Waals surface area contributed by atoms with Crippen LogP contribution in [0.1, 0.15) is 43.5 Å². The number of amides is 2. The van der Waals surface area contributed by atoms with Crippen LogP contribution in [0.4, 0.5) is 20.2 Å². The first-order valence-corrected chi connectivity index (χ1v) is 16.4. The van der Waals surface area contributed by atoms with Crippen molar-refractivity contribution in [2.75, 3.05) is 29.9 Å². The third-order valence-electron chi connectivity index (χ3n) is 10.2. The molecule has 13 heteroatoms. The molecule has 1 saturated heterocycles. The first-order valence-electron chi connectivity index (χ1n) is 16.4. The number of anilines is 2. The summed E-state index contributed by atoms with van der Waals surface area (Å²) >= 11 is 0. The second kappa shape index (κ2) is 11.5. The van der Waals surface area contributed by atoms with E-state index in [-0.39, 0.29) is 52.8 Å². The number of hydrogen-bond donors (Lipinski definition) is 1. The Morgan fingerprint density at radius 2 is 1.72 bits per heavy atom. The zero-order valence-electron chi connectivity index (χ0n) is 28.9. The zero-order valence-corrected chi connectivity index (χ0v) is 28.9. The minimum absolute atomic E-state index is 0.00974. The van der Waals surface area contributed by atoms with Gasteiger partial charge in [-0.25, -0.2) is 13.6 Å². The third kappa shape index (κ3) is 4.48. The number of piperazine rings is 1. The topological polar surface area (TPSA) is 117 Å². The van der Waals surface area contributed by atoms with Crippen molar-refractivity contribution >= 4 is 45.1 Å². The number of H-pyrrole nitrogens is 1. The standard InChI is InChI=1S/C37H37F2N7O4/c1-9-25(47)44-16-24-35(48)42(7)34-32(45(24)15-20(44)6)21-14-22(38)27(26-18(4)10-11-23-33(26)43(8)37(50)41-23)28(39)31(21)46(36(34)49)30-19(5)12-13-40-29(30)17(2)3/h9-14,17,20,24H,1,15-16H2,2-8H3,(H,41,50). The number of carbonyl (C=O) groups excluding carboxylic acids is 2. The van der Waals surface area contributed by atoms with E-state index in [2.05, 4.69) is 16.5 Å². The summed E-state index contributed by atoms with van der Waals surface area (Å²) in [7, 11) is 2.98. The van der Waals surface area contributed by atoms with Gasteiger partial charge in [-0.3, -0.25) is 28.5 Å². The number of aryl methyl sites for hydroxylation is 3. The smallest absolute Gasteiger partial charge is 0.326 e. The maximum atomic E-state index is 17.8. The average molecular weight is 682 g/mol. The summed E-state index contributed by atoms with van der Waals surface area (Å²) in [5.74, 6) is -2.90. The summed E-state index contributed by atoms with van der Waals surface area (Å²) in [5, 5.41) is 0.0733. The lowest BCUT2D eigenvalue weighted by Gasteiger charge is -2.50. The lowest BCUT2D eigenvalue weighted by Crippen LogP contribution is -2.66. The number of pyridine rings is 2. The van der Waals surface area contributed by atoms with Gasteiger partial charge in [0.25, 0.3) is 11.5 Å². The Bertz CT molecular complexity index is 2440. The van der Waals surface area contributed by atoms with E-state index in [0.717, 1.165) is 0 Å². The predicted molar refractivity (Wildman–Crippen MR) is 189 cm³/mol. The number of nitrogens with zero attached hydrogens (tertiary/aromatic N) is 6. The fourth-order valence-corrected chi connectivity index (χ4v) is 7.71. The molecule has 2 aliphatic rings. The number of rotatable bonds is 4. The molecule has 5 aromatic rings. The van der Waals surface area contributed by atoms with Crippen molar-refractivity contribution in [3.05, 3.63) is 92.4 Å². The molecule has 7 rings (SSSR count). The largest absolute Gasteiger partial charge is 0.354 e. The Kier molecular flexibility index (Phi) is 7.57. The molecule has 3 aromatic heterocycles. The van der Waals surface area contributed by atoms with Gasteiger partial charge in [-0.1, -0.05) is 26.5 Å². The Morgan fingerprint density at radius 3 is 2.40 bits per heavy atom. The van der Waals surface area contributed by atoms with E-state index in [0.29, 0.717) is 33.5 Å². The van der Waals surface area contributed by atoms with Crippen LogP contribution in [0.2, 0.25) is 0 Å². The van der Waals surface area contributed by atoms with E-state index >= 15 is 13.6 Å². The number of hydrogen-bond acceptors (Lipinski definition) is 6. The highest BCUT2D eigenvalue weighted by Gasteiger charge is 2.46. The molecule has 50 heavy (non-hydrogen) atoms. The second-order valence-corrected chi connectivity index (χ2v) is 13.5. The van der Waals surface area contributed by atoms with Crippen LogP contribution in [0.3, 0.4) is 0 Å². The monoisotopic (exact) mass is 681 g/mol. The number of halogens is 2. The van der Waals surface area contributed by atoms with Crippen LogP contribution in [-0.4, -0.2) is 68.0 Å². The lowest BCUT2D eigenvalue weighted by atomic mass is 9.93. The van der Waals surface area contributed by atoms with Crippen molar-refractivity contribution < 1.29 is 18.4 Å². The fourth-order valence-electron chi connectivity index (χ4n) is 7.71. The van der Waals surface area contributed by atoms with E-state index in [1.807, 2.05) is 13.8 Å². The van der Waals surface area contributed by atoms with Crippen LogP contribution in [0.25, 0.3) is 38.8 Å². The first-order chi connectivity index (χ1) is 23.7. The van der Waals surface area contributed by atoms with Crippen molar-refractivity contribution in [2.24, 2.45) is 7.05 Å². The SMILES string of the molecule is C=CC(=O)N1CC2C(=O)N(C)c3c(c4cc(F)c(-c5c(C)ccc6[nH]c(=O)n(C)c56)c(F)c4n(-c4c(C)ccnc4C(C)C)c3=O)N2CC1C. The number of likely N-dealkylation sites (N-methyl/N-ethyl adjacent to an activating group) is 1. The maximum Gasteiger partial charge on any atom is 0.326 e. The Hall–Kier alpha value is -5.59. The molecule has 1 N–H and O–H groups in total. The summed E-state index contributed by atoms with van der Waals surface area (Å²) < 4.78 is 37.3. The zero-order chi connectivity index (χ0) is 36.1. The maximum absolute atomic E-state index is 17.8. The fraction of sp³-hybridized carbons (Fsp3) is 0.324. The highest BCUT2D eigenvalue weighted by molar-refractivity contribution is 6.13. The second-order valence-electron chi connectivity index (χ2n) is 13.5. The van der Waals surface area contributed by atoms with Gasteiger partial charge in [0.05, 0.1) is 45.7 Å². The summed E-state index contributed by atoms with van der Waals surface area (Å²) in [6, 6.07) is 4.93. The molecular weight excluding hydrogens is 644 g/mol. The van der Waals surface area contributed by atoms with Gasteiger partial charge in [0.15, 0.2) is 5.82 Å². The molecule has 2 atom stereocenters. The molecule has 2 unspecified atom stereocenters. The van der Waals surface area contributed by atoms with Crippen LogP contribution in [-0.2, 0) is 16.6 Å². The summed E-state index contributed by atoms with van der Waals surface area (Å²) in [4.78, 5) is 66.3. The van der Waals surface area contributed by atoms with Crippen molar-refractivity contribution in [1.82, 2.24) is 24.0 Å². The Balaban J connectivity index is 1.67. The lowest BCUT2D eigenvalue weighted by molar-refractivity contribution is -0.130. The van der Waals surface area contributed by atoms with Gasteiger partial charge < -0.3 is 19.7 Å². The number of aromatic nitrogens is 4. The molecule has 2 aliphatic heterocycles. The summed E-state index contributed by atoms with van der Waals surface area (Å²) in [6.45, 7) is 12.8. The molecule has 0 saturated carbocycles. The van der Waals surface area contributed by atoms with Crippen molar-refractivity contribution in [1.29, 1.82) is 0 Å². The molecule has 11 nitrogen and oxygen atoms in total. The van der Waals surface area contributed by atoms with E-state index < -0.39 is 46.4 Å². The Labute approximate surface area is 286 Å². The van der Waals surface area contributed by atoms with Crippen LogP contribution in [0.15, 0.2) is 52.7 Å². The van der Waals surface area contributed by atoms with Crippen LogP contribution in [0.5, 0.6) is 0 Å². The van der Waals surface area contributed by atoms with Gasteiger partial charge >= 0.3 is 5.69 Å². The molecule has 2 aromatic carbocycles. The third-order valence-corrected chi connectivity index (χ3v) is 10.2. The van der Waals surface area contributed by atoms with Crippen LogP contribution < -0.4 is 21.0 Å². The number of fused-ring (bicyclic) bond motifs is 6. The van der Waals surface area contributed by atoms with Crippen molar-refractivity contribution in [3.63, 3.8) is 0 Å². The molecule has 0 radical (unpaired) electrons. The molecule has 258 valence electrons. The van der Waals surface area contributed by atoms with E-state index in [1.165, 1.54) is 45.2 Å². The molecule has 0 aliphatic carbocycles. The van der Waals surface area contributed by atoms with Gasteiger partial charge in [0.2, 0.25) is 5.91 Å². The number of nitrogens with one attached hydrogen (secondary N) is 1. The molecule has 0 spiro atoms. The highest BCUT2D eigenvalue weighted by Crippen LogP contribution is 2.46. The quantitative estimate of drug-likeness (QED) is 0.272. The number of aromatic amines is 1. The molecule has 1 fully saturated rings. The minimum Gasteiger partial charge on any atom is -0.354 e. The van der Waals surface area contributed by atoms with Gasteiger partial charge in [-0.05, 0) is 62.1 Å². The number of carbonyl (C=O) groups is 2.